The second kappa shape index (κ2) is 5.10. The summed E-state index contributed by atoms with van der Waals surface area (Å²) in [6.45, 7) is 5.53. The average molecular weight is 201 g/mol. The van der Waals surface area contributed by atoms with Crippen LogP contribution in [0.15, 0.2) is 0 Å². The van der Waals surface area contributed by atoms with Crippen LogP contribution in [0.5, 0.6) is 0 Å². The van der Waals surface area contributed by atoms with Gasteiger partial charge >= 0.3 is 0 Å². The first kappa shape index (κ1) is 12.0. The quantitative estimate of drug-likeness (QED) is 0.516. The van der Waals surface area contributed by atoms with Crippen LogP contribution in [0.2, 0.25) is 0 Å². The maximum absolute atomic E-state index is 12.2. The number of likely N-dealkylation sites (N-methyl/N-ethyl adjacent to an activating group) is 1. The fourth-order valence-corrected chi connectivity index (χ4v) is 2.33. The molecule has 3 nitrogen and oxygen atoms in total. The molecule has 1 aliphatic rings. The van der Waals surface area contributed by atoms with Crippen LogP contribution in [-0.2, 0) is 4.74 Å². The van der Waals surface area contributed by atoms with E-state index in [9.17, 15) is 5.21 Å². The molecule has 3 atom stereocenters. The van der Waals surface area contributed by atoms with Crippen LogP contribution in [0.1, 0.15) is 39.5 Å². The predicted molar refractivity (Wildman–Crippen MR) is 57.8 cm³/mol. The van der Waals surface area contributed by atoms with Crippen LogP contribution in [-0.4, -0.2) is 37.0 Å². The van der Waals surface area contributed by atoms with Crippen molar-refractivity contribution in [3.8, 4) is 0 Å². The van der Waals surface area contributed by atoms with Gasteiger partial charge in [0.2, 0.25) is 0 Å². The summed E-state index contributed by atoms with van der Waals surface area (Å²) in [5.41, 5.74) is 0. The number of hydrogen-bond donors (Lipinski definition) is 0. The van der Waals surface area contributed by atoms with E-state index in [1.54, 1.807) is 7.05 Å². The highest BCUT2D eigenvalue weighted by molar-refractivity contribution is 4.75. The lowest BCUT2D eigenvalue weighted by atomic mass is 9.98. The Morgan fingerprint density at radius 1 is 1.29 bits per heavy atom. The Balaban J connectivity index is 2.63. The maximum atomic E-state index is 12.2. The average Bonchev–Trinajstić information content (AvgIpc) is 2.11. The van der Waals surface area contributed by atoms with E-state index in [1.165, 1.54) is 0 Å². The van der Waals surface area contributed by atoms with Crippen molar-refractivity contribution in [2.45, 2.75) is 51.7 Å². The lowest BCUT2D eigenvalue weighted by Gasteiger charge is -2.51. The second-order valence-corrected chi connectivity index (χ2v) is 4.45. The van der Waals surface area contributed by atoms with Crippen molar-refractivity contribution in [1.82, 2.24) is 0 Å². The van der Waals surface area contributed by atoms with Crippen LogP contribution in [0, 0.1) is 5.21 Å². The van der Waals surface area contributed by atoms with E-state index in [0.717, 1.165) is 25.7 Å². The van der Waals surface area contributed by atoms with Crippen molar-refractivity contribution in [3.63, 3.8) is 0 Å². The fraction of sp³-hybridized carbons (Fsp3) is 1.00. The van der Waals surface area contributed by atoms with Crippen LogP contribution < -0.4 is 0 Å². The second-order valence-electron chi connectivity index (χ2n) is 4.45. The van der Waals surface area contributed by atoms with Crippen molar-refractivity contribution in [3.05, 3.63) is 5.21 Å². The predicted octanol–water partition coefficient (Wildman–Crippen LogP) is 2.30. The molecule has 0 N–H and O–H groups in total. The summed E-state index contributed by atoms with van der Waals surface area (Å²) in [5, 5.41) is 12.2. The highest BCUT2D eigenvalue weighted by Crippen LogP contribution is 2.26. The van der Waals surface area contributed by atoms with Gasteiger partial charge in [-0.1, -0.05) is 26.7 Å². The molecule has 1 aliphatic heterocycles. The summed E-state index contributed by atoms with van der Waals surface area (Å²) in [4.78, 5) is 0. The van der Waals surface area contributed by atoms with Crippen molar-refractivity contribution in [2.24, 2.45) is 0 Å². The molecule has 0 bridgehead atoms. The van der Waals surface area contributed by atoms with E-state index in [-0.39, 0.29) is 16.8 Å². The lowest BCUT2D eigenvalue weighted by molar-refractivity contribution is -0.900. The van der Waals surface area contributed by atoms with Crippen LogP contribution in [0.3, 0.4) is 0 Å². The monoisotopic (exact) mass is 201 g/mol. The first-order chi connectivity index (χ1) is 6.61. The van der Waals surface area contributed by atoms with Crippen molar-refractivity contribution in [1.29, 1.82) is 0 Å². The largest absolute Gasteiger partial charge is 0.633 e. The molecule has 1 rings (SSSR count). The number of hydrogen-bond acceptors (Lipinski definition) is 2. The molecule has 14 heavy (non-hydrogen) atoms. The van der Waals surface area contributed by atoms with Gasteiger partial charge in [-0.2, -0.15) is 0 Å². The SMILES string of the molecule is CCCC1OCC[N+](C)([O-])C1CCC. The van der Waals surface area contributed by atoms with Gasteiger partial charge in [-0.15, -0.1) is 0 Å². The molecule has 0 aromatic rings. The number of nitrogens with zero attached hydrogens (tertiary/aromatic N) is 1. The summed E-state index contributed by atoms with van der Waals surface area (Å²) in [6, 6.07) is 0.161. The molecule has 0 saturated carbocycles. The third kappa shape index (κ3) is 2.69. The minimum absolute atomic E-state index is 0.0987. The molecule has 0 radical (unpaired) electrons. The fourth-order valence-electron chi connectivity index (χ4n) is 2.33. The van der Waals surface area contributed by atoms with Gasteiger partial charge in [-0.25, -0.2) is 0 Å². The van der Waals surface area contributed by atoms with Crippen molar-refractivity contribution < 1.29 is 9.38 Å². The number of ether oxygens (including phenoxy) is 1. The van der Waals surface area contributed by atoms with E-state index in [2.05, 4.69) is 13.8 Å². The first-order valence-corrected chi connectivity index (χ1v) is 5.79. The van der Waals surface area contributed by atoms with E-state index < -0.39 is 0 Å². The smallest absolute Gasteiger partial charge is 0.115 e. The Morgan fingerprint density at radius 2 is 1.93 bits per heavy atom. The standard InChI is InChI=1S/C11H23NO2/c1-4-6-10-11(7-5-2)14-9-8-12(10,3)13/h10-11H,4-9H2,1-3H3. The van der Waals surface area contributed by atoms with Crippen LogP contribution >= 0.6 is 0 Å². The summed E-state index contributed by atoms with van der Waals surface area (Å²) in [5.74, 6) is 0. The Kier molecular flexibility index (Phi) is 4.35. The molecule has 0 amide bonds. The van der Waals surface area contributed by atoms with Crippen LogP contribution in [0.4, 0.5) is 0 Å². The number of morpholine rings is 1. The molecule has 0 aromatic heterocycles. The minimum atomic E-state index is -0.0987. The molecule has 0 spiro atoms. The number of quaternary nitrogens is 1. The van der Waals surface area contributed by atoms with E-state index in [0.29, 0.717) is 13.2 Å². The molecule has 1 heterocycles. The Morgan fingerprint density at radius 3 is 2.50 bits per heavy atom. The zero-order valence-corrected chi connectivity index (χ0v) is 9.66. The molecule has 3 heteroatoms. The van der Waals surface area contributed by atoms with Gasteiger partial charge in [-0.3, -0.25) is 0 Å². The van der Waals surface area contributed by atoms with Crippen molar-refractivity contribution >= 4 is 0 Å². The summed E-state index contributed by atoms with van der Waals surface area (Å²) in [7, 11) is 1.80. The highest BCUT2D eigenvalue weighted by Gasteiger charge is 2.36. The summed E-state index contributed by atoms with van der Waals surface area (Å²) < 4.78 is 5.60. The maximum Gasteiger partial charge on any atom is 0.115 e. The molecule has 1 fully saturated rings. The van der Waals surface area contributed by atoms with E-state index >= 15 is 0 Å². The summed E-state index contributed by atoms with van der Waals surface area (Å²) in [6.07, 6.45) is 4.39. The molecular formula is C11H23NO2. The van der Waals surface area contributed by atoms with Gasteiger partial charge in [0.25, 0.3) is 0 Å². The Hall–Kier alpha value is -0.120. The molecular weight excluding hydrogens is 178 g/mol. The van der Waals surface area contributed by atoms with E-state index in [1.807, 2.05) is 0 Å². The topological polar surface area (TPSA) is 32.3 Å². The zero-order chi connectivity index (χ0) is 10.6. The normalized spacial score (nSPS) is 38.6. The van der Waals surface area contributed by atoms with E-state index in [4.69, 9.17) is 4.74 Å². The lowest BCUT2D eigenvalue weighted by Crippen LogP contribution is -2.59. The highest BCUT2D eigenvalue weighted by atomic mass is 16.6. The van der Waals surface area contributed by atoms with Gasteiger partial charge < -0.3 is 14.6 Å². The third-order valence-corrected chi connectivity index (χ3v) is 3.16. The van der Waals surface area contributed by atoms with Gasteiger partial charge in [0.1, 0.15) is 18.7 Å². The molecule has 84 valence electrons. The van der Waals surface area contributed by atoms with Gasteiger partial charge in [0, 0.05) is 6.42 Å². The first-order valence-electron chi connectivity index (χ1n) is 5.79. The minimum Gasteiger partial charge on any atom is -0.633 e. The molecule has 3 unspecified atom stereocenters. The molecule has 1 saturated heterocycles. The van der Waals surface area contributed by atoms with Gasteiger partial charge in [-0.05, 0) is 6.42 Å². The zero-order valence-electron chi connectivity index (χ0n) is 9.66. The Bertz CT molecular complexity index is 169. The number of hydroxylamine groups is 3. The third-order valence-electron chi connectivity index (χ3n) is 3.16. The Labute approximate surface area is 87.2 Å². The number of rotatable bonds is 4. The van der Waals surface area contributed by atoms with Gasteiger partial charge in [0.05, 0.1) is 13.7 Å². The molecule has 0 aliphatic carbocycles. The summed E-state index contributed by atoms with van der Waals surface area (Å²) >= 11 is 0. The molecule has 0 aromatic carbocycles. The van der Waals surface area contributed by atoms with Crippen molar-refractivity contribution in [2.75, 3.05) is 20.2 Å². The van der Waals surface area contributed by atoms with Crippen LogP contribution in [0.25, 0.3) is 0 Å². The van der Waals surface area contributed by atoms with Gasteiger partial charge in [0.15, 0.2) is 0 Å².